The van der Waals surface area contributed by atoms with Gasteiger partial charge in [-0.3, -0.25) is 0 Å². The highest BCUT2D eigenvalue weighted by molar-refractivity contribution is 5.56. The molecule has 1 aliphatic heterocycles. The molecule has 1 heterocycles. The molecule has 1 aromatic rings. The number of hydrogen-bond donors (Lipinski definition) is 1. The molecule has 100 valence electrons. The summed E-state index contributed by atoms with van der Waals surface area (Å²) in [4.78, 5) is 2.09. The van der Waals surface area contributed by atoms with Crippen LogP contribution in [0.15, 0.2) is 18.2 Å². The molecule has 0 amide bonds. The van der Waals surface area contributed by atoms with Crippen molar-refractivity contribution in [3.05, 3.63) is 29.6 Å². The van der Waals surface area contributed by atoms with Crippen LogP contribution in [0, 0.1) is 11.7 Å². The van der Waals surface area contributed by atoms with Crippen molar-refractivity contribution in [3.63, 3.8) is 0 Å². The second-order valence-electron chi connectivity index (χ2n) is 5.19. The Morgan fingerprint density at radius 2 is 2.06 bits per heavy atom. The lowest BCUT2D eigenvalue weighted by atomic mass is 9.93. The Bertz CT molecular complexity index is 397. The molecule has 1 aromatic carbocycles. The van der Waals surface area contributed by atoms with E-state index in [0.29, 0.717) is 11.3 Å². The molecule has 1 fully saturated rings. The molecule has 0 bridgehead atoms. The zero-order valence-electron chi connectivity index (χ0n) is 11.2. The molecule has 1 saturated heterocycles. The van der Waals surface area contributed by atoms with Crippen molar-refractivity contribution in [3.8, 4) is 0 Å². The van der Waals surface area contributed by atoms with Crippen LogP contribution in [0.4, 0.5) is 10.1 Å². The summed E-state index contributed by atoms with van der Waals surface area (Å²) in [5.74, 6) is 0.548. The van der Waals surface area contributed by atoms with Crippen LogP contribution in [0.5, 0.6) is 0 Å². The van der Waals surface area contributed by atoms with Crippen LogP contribution in [0.3, 0.4) is 0 Å². The van der Waals surface area contributed by atoms with Gasteiger partial charge in [0.2, 0.25) is 0 Å². The molecule has 0 radical (unpaired) electrons. The minimum absolute atomic E-state index is 0.219. The van der Waals surface area contributed by atoms with Gasteiger partial charge in [0.05, 0.1) is 11.8 Å². The number of aliphatic hydroxyl groups excluding tert-OH is 1. The first kappa shape index (κ1) is 13.3. The van der Waals surface area contributed by atoms with E-state index in [1.165, 1.54) is 12.5 Å². The van der Waals surface area contributed by atoms with Crippen molar-refractivity contribution in [2.45, 2.75) is 39.2 Å². The SMILES string of the molecule is CCC1CCN(c2c(F)cccc2[C@H](C)O)CC1. The molecule has 0 aliphatic carbocycles. The molecular weight excluding hydrogens is 229 g/mol. The third-order valence-electron chi connectivity index (χ3n) is 3.98. The summed E-state index contributed by atoms with van der Waals surface area (Å²) in [6.45, 7) is 5.68. The number of benzene rings is 1. The Hall–Kier alpha value is -1.09. The summed E-state index contributed by atoms with van der Waals surface area (Å²) in [6.07, 6.45) is 2.81. The van der Waals surface area contributed by atoms with Gasteiger partial charge in [-0.05, 0) is 31.7 Å². The number of para-hydroxylation sites is 1. The first-order valence-corrected chi connectivity index (χ1v) is 6.85. The lowest BCUT2D eigenvalue weighted by Crippen LogP contribution is -2.34. The van der Waals surface area contributed by atoms with Crippen molar-refractivity contribution in [1.82, 2.24) is 0 Å². The largest absolute Gasteiger partial charge is 0.389 e. The van der Waals surface area contributed by atoms with Crippen molar-refractivity contribution < 1.29 is 9.50 Å². The number of anilines is 1. The van der Waals surface area contributed by atoms with E-state index in [-0.39, 0.29) is 5.82 Å². The first-order valence-electron chi connectivity index (χ1n) is 6.85. The van der Waals surface area contributed by atoms with E-state index in [0.717, 1.165) is 31.8 Å². The Labute approximate surface area is 108 Å². The van der Waals surface area contributed by atoms with E-state index < -0.39 is 6.10 Å². The van der Waals surface area contributed by atoms with Crippen LogP contribution in [0.25, 0.3) is 0 Å². The van der Waals surface area contributed by atoms with E-state index in [4.69, 9.17) is 0 Å². The average Bonchev–Trinajstić information content (AvgIpc) is 2.38. The minimum atomic E-state index is -0.625. The fraction of sp³-hybridized carbons (Fsp3) is 0.600. The fourth-order valence-corrected chi connectivity index (χ4v) is 2.77. The maximum Gasteiger partial charge on any atom is 0.146 e. The van der Waals surface area contributed by atoms with Gasteiger partial charge in [0.15, 0.2) is 0 Å². The average molecular weight is 251 g/mol. The van der Waals surface area contributed by atoms with Crippen molar-refractivity contribution in [1.29, 1.82) is 0 Å². The topological polar surface area (TPSA) is 23.5 Å². The molecule has 3 heteroatoms. The van der Waals surface area contributed by atoms with Gasteiger partial charge in [-0.1, -0.05) is 25.5 Å². The molecule has 0 saturated carbocycles. The highest BCUT2D eigenvalue weighted by atomic mass is 19.1. The zero-order chi connectivity index (χ0) is 13.1. The summed E-state index contributed by atoms with van der Waals surface area (Å²) in [7, 11) is 0. The lowest BCUT2D eigenvalue weighted by Gasteiger charge is -2.35. The number of rotatable bonds is 3. The summed E-state index contributed by atoms with van der Waals surface area (Å²) in [6, 6.07) is 4.96. The van der Waals surface area contributed by atoms with E-state index in [1.807, 2.05) is 6.07 Å². The standard InChI is InChI=1S/C15H22FNO/c1-3-12-7-9-17(10-8-12)15-13(11(2)18)5-4-6-14(15)16/h4-6,11-12,18H,3,7-10H2,1-2H3/t11-/m0/s1. The third kappa shape index (κ3) is 2.66. The van der Waals surface area contributed by atoms with Crippen LogP contribution in [-0.2, 0) is 0 Å². The van der Waals surface area contributed by atoms with Crippen LogP contribution >= 0.6 is 0 Å². The van der Waals surface area contributed by atoms with Gasteiger partial charge in [0.1, 0.15) is 5.82 Å². The fourth-order valence-electron chi connectivity index (χ4n) is 2.77. The molecule has 0 spiro atoms. The van der Waals surface area contributed by atoms with Gasteiger partial charge in [-0.15, -0.1) is 0 Å². The van der Waals surface area contributed by atoms with E-state index in [2.05, 4.69) is 11.8 Å². The molecule has 0 unspecified atom stereocenters. The number of nitrogens with zero attached hydrogens (tertiary/aromatic N) is 1. The molecular formula is C15H22FNO. The maximum atomic E-state index is 14.0. The predicted molar refractivity (Wildman–Crippen MR) is 72.3 cm³/mol. The second kappa shape index (κ2) is 5.70. The van der Waals surface area contributed by atoms with E-state index in [9.17, 15) is 9.50 Å². The van der Waals surface area contributed by atoms with Crippen molar-refractivity contribution >= 4 is 5.69 Å². The monoisotopic (exact) mass is 251 g/mol. The van der Waals surface area contributed by atoms with Crippen LogP contribution < -0.4 is 4.90 Å². The van der Waals surface area contributed by atoms with Gasteiger partial charge in [0.25, 0.3) is 0 Å². The van der Waals surface area contributed by atoms with Crippen LogP contribution in [0.1, 0.15) is 44.8 Å². The molecule has 1 atom stereocenters. The van der Waals surface area contributed by atoms with Gasteiger partial charge in [-0.2, -0.15) is 0 Å². The normalized spacial score (nSPS) is 19.0. The highest BCUT2D eigenvalue weighted by Gasteiger charge is 2.23. The molecule has 0 aromatic heterocycles. The third-order valence-corrected chi connectivity index (χ3v) is 3.98. The second-order valence-corrected chi connectivity index (χ2v) is 5.19. The summed E-state index contributed by atoms with van der Waals surface area (Å²) >= 11 is 0. The first-order chi connectivity index (χ1) is 8.63. The number of halogens is 1. The Morgan fingerprint density at radius 3 is 2.61 bits per heavy atom. The van der Waals surface area contributed by atoms with Gasteiger partial charge >= 0.3 is 0 Å². The molecule has 1 aliphatic rings. The van der Waals surface area contributed by atoms with Crippen LogP contribution in [0.2, 0.25) is 0 Å². The number of piperidine rings is 1. The molecule has 2 nitrogen and oxygen atoms in total. The Morgan fingerprint density at radius 1 is 1.39 bits per heavy atom. The lowest BCUT2D eigenvalue weighted by molar-refractivity contribution is 0.199. The number of hydrogen-bond acceptors (Lipinski definition) is 2. The smallest absolute Gasteiger partial charge is 0.146 e. The molecule has 1 N–H and O–H groups in total. The number of aliphatic hydroxyl groups is 1. The van der Waals surface area contributed by atoms with Gasteiger partial charge in [-0.25, -0.2) is 4.39 Å². The summed E-state index contributed by atoms with van der Waals surface area (Å²) in [5.41, 5.74) is 1.30. The van der Waals surface area contributed by atoms with Crippen molar-refractivity contribution in [2.24, 2.45) is 5.92 Å². The van der Waals surface area contributed by atoms with Gasteiger partial charge < -0.3 is 10.0 Å². The minimum Gasteiger partial charge on any atom is -0.389 e. The molecule has 2 rings (SSSR count). The predicted octanol–water partition coefficient (Wildman–Crippen LogP) is 3.51. The highest BCUT2D eigenvalue weighted by Crippen LogP contribution is 2.32. The van der Waals surface area contributed by atoms with Gasteiger partial charge in [0, 0.05) is 18.7 Å². The summed E-state index contributed by atoms with van der Waals surface area (Å²) in [5, 5.41) is 9.76. The van der Waals surface area contributed by atoms with Crippen LogP contribution in [-0.4, -0.2) is 18.2 Å². The quantitative estimate of drug-likeness (QED) is 0.888. The Kier molecular flexibility index (Phi) is 4.23. The van der Waals surface area contributed by atoms with E-state index in [1.54, 1.807) is 13.0 Å². The molecule has 18 heavy (non-hydrogen) atoms. The Balaban J connectivity index is 2.23. The van der Waals surface area contributed by atoms with Crippen molar-refractivity contribution in [2.75, 3.05) is 18.0 Å². The van der Waals surface area contributed by atoms with E-state index >= 15 is 0 Å². The summed E-state index contributed by atoms with van der Waals surface area (Å²) < 4.78 is 14.0. The maximum absolute atomic E-state index is 14.0. The zero-order valence-corrected chi connectivity index (χ0v) is 11.2.